The van der Waals surface area contributed by atoms with Gasteiger partial charge in [0.1, 0.15) is 0 Å². The molecule has 0 saturated carbocycles. The highest BCUT2D eigenvalue weighted by molar-refractivity contribution is 5.97. The summed E-state index contributed by atoms with van der Waals surface area (Å²) in [6, 6.07) is 5.84. The van der Waals surface area contributed by atoms with Gasteiger partial charge >= 0.3 is 11.9 Å². The Morgan fingerprint density at radius 2 is 1.83 bits per heavy atom. The minimum absolute atomic E-state index is 0.0497. The number of aliphatic carboxylic acids is 2. The summed E-state index contributed by atoms with van der Waals surface area (Å²) in [6.07, 6.45) is -0.607. The lowest BCUT2D eigenvalue weighted by Crippen LogP contribution is -2.31. The number of rotatable bonds is 5. The molecule has 96 valence electrons. The number of carbonyl (C=O) groups is 3. The van der Waals surface area contributed by atoms with Crippen LogP contribution in [0.5, 0.6) is 0 Å². The highest BCUT2D eigenvalue weighted by atomic mass is 16.4. The van der Waals surface area contributed by atoms with Gasteiger partial charge in [-0.05, 0) is 11.6 Å². The number of hydrazine groups is 1. The molecule has 0 fully saturated rings. The molecule has 0 heterocycles. The molecule has 1 amide bonds. The highest BCUT2D eigenvalue weighted by Gasteiger charge is 2.27. The zero-order valence-electron chi connectivity index (χ0n) is 9.29. The number of nitrogen functional groups attached to an aromatic ring is 1. The van der Waals surface area contributed by atoms with E-state index in [2.05, 4.69) is 0 Å². The number of nitrogens with two attached hydrogens (primary N) is 1. The molecule has 1 atom stereocenters. The van der Waals surface area contributed by atoms with Crippen molar-refractivity contribution in [3.8, 4) is 0 Å². The van der Waals surface area contributed by atoms with E-state index in [0.717, 1.165) is 0 Å². The third kappa shape index (κ3) is 3.05. The summed E-state index contributed by atoms with van der Waals surface area (Å²) < 4.78 is 0. The van der Waals surface area contributed by atoms with Crippen LogP contribution < -0.4 is 11.3 Å². The highest BCUT2D eigenvalue weighted by Crippen LogP contribution is 2.23. The second-order valence-corrected chi connectivity index (χ2v) is 3.55. The van der Waals surface area contributed by atoms with Gasteiger partial charge in [-0.3, -0.25) is 19.8 Å². The molecule has 0 aromatic heterocycles. The van der Waals surface area contributed by atoms with Gasteiger partial charge in [-0.15, -0.1) is 0 Å². The minimum atomic E-state index is -1.31. The Bertz CT molecular complexity index is 486. The van der Waals surface area contributed by atoms with Gasteiger partial charge in [0.2, 0.25) is 0 Å². The van der Waals surface area contributed by atoms with E-state index in [1.54, 1.807) is 0 Å². The Balaban J connectivity index is 3.23. The predicted molar refractivity (Wildman–Crippen MR) is 60.7 cm³/mol. The summed E-state index contributed by atoms with van der Waals surface area (Å²) in [7, 11) is 0. The van der Waals surface area contributed by atoms with E-state index in [9.17, 15) is 14.4 Å². The lowest BCUT2D eigenvalue weighted by Gasteiger charge is -2.14. The molecule has 0 spiro atoms. The number of amides is 1. The zero-order valence-corrected chi connectivity index (χ0v) is 9.29. The molecule has 0 bridgehead atoms. The number of hydrogen-bond donors (Lipinski definition) is 4. The normalized spacial score (nSPS) is 11.6. The molecule has 0 aliphatic heterocycles. The number of benzene rings is 1. The maximum absolute atomic E-state index is 11.5. The molecule has 0 aliphatic rings. The van der Waals surface area contributed by atoms with Gasteiger partial charge in [0.25, 0.3) is 5.91 Å². The Morgan fingerprint density at radius 1 is 1.22 bits per heavy atom. The van der Waals surface area contributed by atoms with Gasteiger partial charge in [-0.25, -0.2) is 5.84 Å². The van der Waals surface area contributed by atoms with Crippen molar-refractivity contribution in [1.29, 1.82) is 0 Å². The number of nitrogens with one attached hydrogen (secondary N) is 1. The molecule has 0 saturated heterocycles. The smallest absolute Gasteiger partial charge is 0.311 e. The van der Waals surface area contributed by atoms with Gasteiger partial charge < -0.3 is 10.2 Å². The van der Waals surface area contributed by atoms with Crippen molar-refractivity contribution in [2.75, 3.05) is 0 Å². The molecule has 0 aliphatic carbocycles. The van der Waals surface area contributed by atoms with Crippen LogP contribution >= 0.6 is 0 Å². The maximum Gasteiger partial charge on any atom is 0.311 e. The summed E-state index contributed by atoms with van der Waals surface area (Å²) in [5.74, 6) is 0.458. The first-order chi connectivity index (χ1) is 8.47. The first kappa shape index (κ1) is 13.7. The Labute approximate surface area is 102 Å². The van der Waals surface area contributed by atoms with Gasteiger partial charge in [-0.2, -0.15) is 0 Å². The minimum Gasteiger partial charge on any atom is -0.481 e. The standard InChI is InChI=1S/C11H12N2O5/c12-13-10(16)7-4-2-1-3-6(7)8(11(17)18)5-9(14)15/h1-4,8H,5,12H2,(H,13,16)(H,14,15)(H,17,18). The molecule has 1 unspecified atom stereocenters. The van der Waals surface area contributed by atoms with Crippen molar-refractivity contribution in [2.24, 2.45) is 5.84 Å². The first-order valence-corrected chi connectivity index (χ1v) is 5.01. The Hall–Kier alpha value is -2.41. The molecule has 5 N–H and O–H groups in total. The van der Waals surface area contributed by atoms with Crippen molar-refractivity contribution in [3.63, 3.8) is 0 Å². The van der Waals surface area contributed by atoms with E-state index in [1.807, 2.05) is 5.43 Å². The average molecular weight is 252 g/mol. The zero-order chi connectivity index (χ0) is 13.7. The number of carbonyl (C=O) groups excluding carboxylic acids is 1. The first-order valence-electron chi connectivity index (χ1n) is 5.01. The van der Waals surface area contributed by atoms with Crippen molar-refractivity contribution in [1.82, 2.24) is 5.43 Å². The quantitative estimate of drug-likeness (QED) is 0.330. The van der Waals surface area contributed by atoms with Crippen LogP contribution in [-0.4, -0.2) is 28.1 Å². The van der Waals surface area contributed by atoms with Gasteiger partial charge in [0.15, 0.2) is 0 Å². The van der Waals surface area contributed by atoms with Gasteiger partial charge in [-0.1, -0.05) is 18.2 Å². The van der Waals surface area contributed by atoms with E-state index in [-0.39, 0.29) is 11.1 Å². The molecule has 1 rings (SSSR count). The molecular formula is C11H12N2O5. The monoisotopic (exact) mass is 252 g/mol. The molecular weight excluding hydrogens is 240 g/mol. The van der Waals surface area contributed by atoms with Crippen LogP contribution in [0.25, 0.3) is 0 Å². The Kier molecular flexibility index (Phi) is 4.39. The van der Waals surface area contributed by atoms with Crippen molar-refractivity contribution >= 4 is 17.8 Å². The number of carboxylic acid groups (broad SMARTS) is 2. The van der Waals surface area contributed by atoms with E-state index in [0.29, 0.717) is 0 Å². The van der Waals surface area contributed by atoms with Crippen LogP contribution in [0, 0.1) is 0 Å². The third-order valence-corrected chi connectivity index (χ3v) is 2.39. The number of hydrogen-bond acceptors (Lipinski definition) is 4. The van der Waals surface area contributed by atoms with Crippen LogP contribution in [-0.2, 0) is 9.59 Å². The molecule has 7 heteroatoms. The SMILES string of the molecule is NNC(=O)c1ccccc1C(CC(=O)O)C(=O)O. The fraction of sp³-hybridized carbons (Fsp3) is 0.182. The molecule has 7 nitrogen and oxygen atoms in total. The summed E-state index contributed by atoms with van der Waals surface area (Å²) in [5, 5.41) is 17.7. The van der Waals surface area contributed by atoms with Crippen LogP contribution in [0.3, 0.4) is 0 Å². The molecule has 1 aromatic carbocycles. The van der Waals surface area contributed by atoms with E-state index >= 15 is 0 Å². The summed E-state index contributed by atoms with van der Waals surface area (Å²) in [4.78, 5) is 33.2. The van der Waals surface area contributed by atoms with E-state index < -0.39 is 30.2 Å². The third-order valence-electron chi connectivity index (χ3n) is 2.39. The average Bonchev–Trinajstić information content (AvgIpc) is 2.34. The fourth-order valence-corrected chi connectivity index (χ4v) is 1.59. The molecule has 18 heavy (non-hydrogen) atoms. The second kappa shape index (κ2) is 5.78. The largest absolute Gasteiger partial charge is 0.481 e. The van der Waals surface area contributed by atoms with Crippen molar-refractivity contribution in [2.45, 2.75) is 12.3 Å². The van der Waals surface area contributed by atoms with E-state index in [1.165, 1.54) is 24.3 Å². The van der Waals surface area contributed by atoms with Crippen LogP contribution in [0.15, 0.2) is 24.3 Å². The molecule has 1 aromatic rings. The van der Waals surface area contributed by atoms with Gasteiger partial charge in [0.05, 0.1) is 12.3 Å². The summed E-state index contributed by atoms with van der Waals surface area (Å²) in [5.41, 5.74) is 2.06. The predicted octanol–water partition coefficient (Wildman–Crippen LogP) is -0.0670. The lowest BCUT2D eigenvalue weighted by molar-refractivity contribution is -0.145. The maximum atomic E-state index is 11.5. The molecule has 0 radical (unpaired) electrons. The van der Waals surface area contributed by atoms with Crippen LogP contribution in [0.1, 0.15) is 28.3 Å². The fourth-order valence-electron chi connectivity index (χ4n) is 1.59. The Morgan fingerprint density at radius 3 is 2.33 bits per heavy atom. The topological polar surface area (TPSA) is 130 Å². The second-order valence-electron chi connectivity index (χ2n) is 3.55. The van der Waals surface area contributed by atoms with Crippen LogP contribution in [0.2, 0.25) is 0 Å². The summed E-state index contributed by atoms with van der Waals surface area (Å²) >= 11 is 0. The van der Waals surface area contributed by atoms with Gasteiger partial charge in [0, 0.05) is 5.56 Å². The summed E-state index contributed by atoms with van der Waals surface area (Å²) in [6.45, 7) is 0. The van der Waals surface area contributed by atoms with Crippen molar-refractivity contribution in [3.05, 3.63) is 35.4 Å². The lowest BCUT2D eigenvalue weighted by atomic mass is 9.91. The van der Waals surface area contributed by atoms with E-state index in [4.69, 9.17) is 16.1 Å². The number of carboxylic acids is 2. The van der Waals surface area contributed by atoms with Crippen LogP contribution in [0.4, 0.5) is 0 Å². The van der Waals surface area contributed by atoms with Crippen molar-refractivity contribution < 1.29 is 24.6 Å².